The van der Waals surface area contributed by atoms with Crippen LogP contribution in [0.15, 0.2) is 42.5 Å². The minimum Gasteiger partial charge on any atom is -0.494 e. The molecule has 4 rings (SSSR count). The molecule has 0 radical (unpaired) electrons. The van der Waals surface area contributed by atoms with Gasteiger partial charge in [0.15, 0.2) is 0 Å². The monoisotopic (exact) mass is 447 g/mol. The van der Waals surface area contributed by atoms with Crippen LogP contribution in [0.25, 0.3) is 0 Å². The quantitative estimate of drug-likeness (QED) is 0.651. The van der Waals surface area contributed by atoms with E-state index in [-0.39, 0.29) is 18.2 Å². The van der Waals surface area contributed by atoms with Gasteiger partial charge in [-0.05, 0) is 49.4 Å². The average Bonchev–Trinajstić information content (AvgIpc) is 3.05. The van der Waals surface area contributed by atoms with Crippen LogP contribution >= 0.6 is 23.2 Å². The maximum atomic E-state index is 13.0. The lowest BCUT2D eigenvalue weighted by Crippen LogP contribution is -2.52. The second-order valence-electron chi connectivity index (χ2n) is 7.34. The van der Waals surface area contributed by atoms with Gasteiger partial charge in [-0.15, -0.1) is 0 Å². The lowest BCUT2D eigenvalue weighted by Gasteiger charge is -2.38. The second-order valence-corrected chi connectivity index (χ2v) is 8.15. The Morgan fingerprint density at radius 1 is 0.933 bits per heavy atom. The van der Waals surface area contributed by atoms with Gasteiger partial charge in [-0.25, -0.2) is 4.90 Å². The molecule has 2 amide bonds. The van der Waals surface area contributed by atoms with E-state index in [4.69, 9.17) is 27.9 Å². The predicted octanol–water partition coefficient (Wildman–Crippen LogP) is 3.85. The molecule has 2 aliphatic rings. The fourth-order valence-electron chi connectivity index (χ4n) is 4.00. The topological polar surface area (TPSA) is 53.1 Å². The highest BCUT2D eigenvalue weighted by Gasteiger charge is 2.43. The highest BCUT2D eigenvalue weighted by Crippen LogP contribution is 2.30. The van der Waals surface area contributed by atoms with Crippen LogP contribution in [0.5, 0.6) is 5.75 Å². The molecule has 2 aromatic rings. The molecule has 2 saturated heterocycles. The van der Waals surface area contributed by atoms with Crippen LogP contribution in [0.3, 0.4) is 0 Å². The van der Waals surface area contributed by atoms with Crippen molar-refractivity contribution in [3.05, 3.63) is 52.5 Å². The number of imide groups is 1. The summed E-state index contributed by atoms with van der Waals surface area (Å²) < 4.78 is 5.44. The van der Waals surface area contributed by atoms with Crippen molar-refractivity contribution in [2.75, 3.05) is 42.6 Å². The maximum Gasteiger partial charge on any atom is 0.251 e. The largest absolute Gasteiger partial charge is 0.494 e. The highest BCUT2D eigenvalue weighted by atomic mass is 35.5. The summed E-state index contributed by atoms with van der Waals surface area (Å²) in [4.78, 5) is 31.3. The van der Waals surface area contributed by atoms with Crippen molar-refractivity contribution in [2.45, 2.75) is 19.4 Å². The summed E-state index contributed by atoms with van der Waals surface area (Å²) in [7, 11) is 0. The molecule has 2 aliphatic heterocycles. The zero-order chi connectivity index (χ0) is 21.3. The Kier molecular flexibility index (Phi) is 6.18. The molecule has 0 saturated carbocycles. The Morgan fingerprint density at radius 2 is 1.60 bits per heavy atom. The first-order valence-corrected chi connectivity index (χ1v) is 10.8. The first-order chi connectivity index (χ1) is 14.5. The standard InChI is InChI=1S/C22H23Cl2N3O3/c1-2-30-17-6-3-15(4-7-17)27-21(28)14-20(22(27)29)26-11-9-25(10-12-26)16-5-8-18(23)19(24)13-16/h3-8,13,20H,2,9-12,14H2,1H3. The number of hydrogen-bond donors (Lipinski definition) is 0. The SMILES string of the molecule is CCOc1ccc(N2C(=O)CC(N3CCN(c4ccc(Cl)c(Cl)c4)CC3)C2=O)cc1. The molecule has 2 aromatic carbocycles. The van der Waals surface area contributed by atoms with E-state index in [1.807, 2.05) is 19.1 Å². The van der Waals surface area contributed by atoms with Crippen molar-refractivity contribution in [3.8, 4) is 5.75 Å². The minimum absolute atomic E-state index is 0.160. The number of benzene rings is 2. The summed E-state index contributed by atoms with van der Waals surface area (Å²) >= 11 is 12.1. The number of rotatable bonds is 5. The zero-order valence-electron chi connectivity index (χ0n) is 16.7. The Labute approximate surface area is 185 Å². The molecule has 0 aliphatic carbocycles. The Bertz CT molecular complexity index is 943. The summed E-state index contributed by atoms with van der Waals surface area (Å²) in [5, 5.41) is 1.06. The Hall–Kier alpha value is -2.28. The van der Waals surface area contributed by atoms with Crippen LogP contribution in [-0.4, -0.2) is 55.5 Å². The second kappa shape index (κ2) is 8.84. The summed E-state index contributed by atoms with van der Waals surface area (Å²) in [6, 6.07) is 12.3. The smallest absolute Gasteiger partial charge is 0.251 e. The third-order valence-corrected chi connectivity index (χ3v) is 6.29. The number of ether oxygens (including phenoxy) is 1. The van der Waals surface area contributed by atoms with Gasteiger partial charge >= 0.3 is 0 Å². The molecule has 1 unspecified atom stereocenters. The average molecular weight is 448 g/mol. The molecule has 158 valence electrons. The van der Waals surface area contributed by atoms with E-state index in [2.05, 4.69) is 9.80 Å². The molecule has 0 bridgehead atoms. The molecular weight excluding hydrogens is 425 g/mol. The van der Waals surface area contributed by atoms with E-state index in [0.29, 0.717) is 35.4 Å². The van der Waals surface area contributed by atoms with Crippen LogP contribution in [0.4, 0.5) is 11.4 Å². The van der Waals surface area contributed by atoms with E-state index in [1.54, 1.807) is 30.3 Å². The van der Waals surface area contributed by atoms with Gasteiger partial charge in [0.05, 0.1) is 34.8 Å². The molecule has 30 heavy (non-hydrogen) atoms. The number of nitrogens with zero attached hydrogens (tertiary/aromatic N) is 3. The van der Waals surface area contributed by atoms with E-state index in [0.717, 1.165) is 24.5 Å². The number of carbonyl (C=O) groups is 2. The molecule has 6 nitrogen and oxygen atoms in total. The van der Waals surface area contributed by atoms with Crippen LogP contribution in [0, 0.1) is 0 Å². The Morgan fingerprint density at radius 3 is 2.23 bits per heavy atom. The summed E-state index contributed by atoms with van der Waals surface area (Å²) in [5.74, 6) is 0.392. The van der Waals surface area contributed by atoms with Gasteiger partial charge in [0.1, 0.15) is 5.75 Å². The number of hydrogen-bond acceptors (Lipinski definition) is 5. The third-order valence-electron chi connectivity index (χ3n) is 5.55. The van der Waals surface area contributed by atoms with Crippen LogP contribution in [0.1, 0.15) is 13.3 Å². The van der Waals surface area contributed by atoms with Crippen molar-refractivity contribution in [1.82, 2.24) is 4.90 Å². The van der Waals surface area contributed by atoms with E-state index in [9.17, 15) is 9.59 Å². The fourth-order valence-corrected chi connectivity index (χ4v) is 4.30. The van der Waals surface area contributed by atoms with Gasteiger partial charge in [0, 0.05) is 31.9 Å². The lowest BCUT2D eigenvalue weighted by molar-refractivity contribution is -0.123. The zero-order valence-corrected chi connectivity index (χ0v) is 18.2. The molecule has 0 spiro atoms. The minimum atomic E-state index is -0.417. The van der Waals surface area contributed by atoms with E-state index < -0.39 is 6.04 Å². The van der Waals surface area contributed by atoms with Crippen molar-refractivity contribution in [3.63, 3.8) is 0 Å². The summed E-state index contributed by atoms with van der Waals surface area (Å²) in [5.41, 5.74) is 1.60. The molecule has 0 aromatic heterocycles. The van der Waals surface area contributed by atoms with E-state index in [1.165, 1.54) is 4.90 Å². The number of anilines is 2. The highest BCUT2D eigenvalue weighted by molar-refractivity contribution is 6.42. The first kappa shape index (κ1) is 21.0. The fraction of sp³-hybridized carbons (Fsp3) is 0.364. The summed E-state index contributed by atoms with van der Waals surface area (Å²) in [6.45, 7) is 5.37. The van der Waals surface area contributed by atoms with Gasteiger partial charge in [0.2, 0.25) is 5.91 Å². The summed E-state index contributed by atoms with van der Waals surface area (Å²) in [6.07, 6.45) is 0.207. The number of carbonyl (C=O) groups excluding carboxylic acids is 2. The maximum absolute atomic E-state index is 13.0. The first-order valence-electron chi connectivity index (χ1n) is 10.0. The van der Waals surface area contributed by atoms with Crippen molar-refractivity contribution < 1.29 is 14.3 Å². The molecular formula is C22H23Cl2N3O3. The van der Waals surface area contributed by atoms with Gasteiger partial charge in [-0.1, -0.05) is 23.2 Å². The van der Waals surface area contributed by atoms with Crippen LogP contribution in [-0.2, 0) is 9.59 Å². The van der Waals surface area contributed by atoms with Crippen molar-refractivity contribution in [1.29, 1.82) is 0 Å². The molecule has 0 N–H and O–H groups in total. The lowest BCUT2D eigenvalue weighted by atomic mass is 10.1. The van der Waals surface area contributed by atoms with Gasteiger partial charge in [-0.2, -0.15) is 0 Å². The van der Waals surface area contributed by atoms with Gasteiger partial charge < -0.3 is 9.64 Å². The van der Waals surface area contributed by atoms with Crippen LogP contribution in [0.2, 0.25) is 10.0 Å². The molecule has 8 heteroatoms. The molecule has 2 heterocycles. The van der Waals surface area contributed by atoms with E-state index >= 15 is 0 Å². The van der Waals surface area contributed by atoms with Crippen molar-refractivity contribution >= 4 is 46.4 Å². The third kappa shape index (κ3) is 4.13. The van der Waals surface area contributed by atoms with Crippen LogP contribution < -0.4 is 14.5 Å². The van der Waals surface area contributed by atoms with Gasteiger partial charge in [0.25, 0.3) is 5.91 Å². The Balaban J connectivity index is 1.41. The molecule has 1 atom stereocenters. The predicted molar refractivity (Wildman–Crippen MR) is 119 cm³/mol. The number of piperazine rings is 1. The van der Waals surface area contributed by atoms with Gasteiger partial charge in [-0.3, -0.25) is 14.5 Å². The molecule has 2 fully saturated rings. The number of halogens is 2. The normalized spacial score (nSPS) is 20.2. The number of amides is 2. The van der Waals surface area contributed by atoms with Crippen molar-refractivity contribution in [2.24, 2.45) is 0 Å².